The SMILES string of the molecule is Cc1nc(Cn2nnc(-c3cccc([N+](=O)[O-])c3)n2)sc1C. The van der Waals surface area contributed by atoms with Gasteiger partial charge in [0.2, 0.25) is 5.82 Å². The van der Waals surface area contributed by atoms with Crippen molar-refractivity contribution in [3.05, 3.63) is 50.0 Å². The van der Waals surface area contributed by atoms with Crippen molar-refractivity contribution >= 4 is 17.0 Å². The van der Waals surface area contributed by atoms with Gasteiger partial charge in [0.15, 0.2) is 0 Å². The molecule has 8 nitrogen and oxygen atoms in total. The van der Waals surface area contributed by atoms with Crippen LogP contribution in [0.3, 0.4) is 0 Å². The lowest BCUT2D eigenvalue weighted by Gasteiger charge is -1.95. The topological polar surface area (TPSA) is 99.6 Å². The number of aryl methyl sites for hydroxylation is 2. The van der Waals surface area contributed by atoms with Gasteiger partial charge in [-0.05, 0) is 19.1 Å². The zero-order valence-electron chi connectivity index (χ0n) is 11.9. The van der Waals surface area contributed by atoms with E-state index in [1.807, 2.05) is 13.8 Å². The van der Waals surface area contributed by atoms with Gasteiger partial charge in [-0.3, -0.25) is 10.1 Å². The number of nitrogens with zero attached hydrogens (tertiary/aromatic N) is 6. The van der Waals surface area contributed by atoms with E-state index in [0.29, 0.717) is 17.9 Å². The molecule has 0 saturated carbocycles. The lowest BCUT2D eigenvalue weighted by molar-refractivity contribution is -0.384. The van der Waals surface area contributed by atoms with Gasteiger partial charge < -0.3 is 0 Å². The molecule has 2 aromatic heterocycles. The minimum absolute atomic E-state index is 0.0000213. The van der Waals surface area contributed by atoms with Crippen molar-refractivity contribution < 1.29 is 4.92 Å². The van der Waals surface area contributed by atoms with Crippen LogP contribution in [-0.4, -0.2) is 30.1 Å². The van der Waals surface area contributed by atoms with Crippen molar-refractivity contribution in [1.29, 1.82) is 0 Å². The molecular formula is C13H12N6O2S. The van der Waals surface area contributed by atoms with Crippen LogP contribution in [0.1, 0.15) is 15.6 Å². The molecule has 0 aliphatic heterocycles. The smallest absolute Gasteiger partial charge is 0.258 e. The van der Waals surface area contributed by atoms with Crippen molar-refractivity contribution in [2.24, 2.45) is 0 Å². The number of rotatable bonds is 4. The number of nitro benzene ring substituents is 1. The molecule has 1 aromatic carbocycles. The zero-order valence-corrected chi connectivity index (χ0v) is 12.7. The number of nitro groups is 1. The Morgan fingerprint density at radius 2 is 2.18 bits per heavy atom. The van der Waals surface area contributed by atoms with E-state index >= 15 is 0 Å². The maximum atomic E-state index is 10.8. The largest absolute Gasteiger partial charge is 0.270 e. The number of aromatic nitrogens is 5. The van der Waals surface area contributed by atoms with Crippen molar-refractivity contribution in [3.8, 4) is 11.4 Å². The molecule has 2 heterocycles. The van der Waals surface area contributed by atoms with Crippen LogP contribution in [0.4, 0.5) is 5.69 Å². The number of non-ortho nitro benzene ring substituents is 1. The Labute approximate surface area is 129 Å². The van der Waals surface area contributed by atoms with E-state index < -0.39 is 4.92 Å². The molecule has 0 amide bonds. The van der Waals surface area contributed by atoms with Crippen molar-refractivity contribution in [2.45, 2.75) is 20.4 Å². The predicted molar refractivity (Wildman–Crippen MR) is 80.6 cm³/mol. The third-order valence-electron chi connectivity index (χ3n) is 3.12. The molecule has 22 heavy (non-hydrogen) atoms. The summed E-state index contributed by atoms with van der Waals surface area (Å²) in [5.41, 5.74) is 1.56. The van der Waals surface area contributed by atoms with Crippen LogP contribution in [0.15, 0.2) is 24.3 Å². The molecule has 3 aromatic rings. The molecule has 0 saturated heterocycles. The van der Waals surface area contributed by atoms with Crippen LogP contribution in [0.2, 0.25) is 0 Å². The predicted octanol–water partition coefficient (Wildman–Crippen LogP) is 2.37. The van der Waals surface area contributed by atoms with Crippen LogP contribution >= 0.6 is 11.3 Å². The van der Waals surface area contributed by atoms with E-state index in [4.69, 9.17) is 0 Å². The quantitative estimate of drug-likeness (QED) is 0.541. The molecule has 0 unspecified atom stereocenters. The van der Waals surface area contributed by atoms with E-state index in [2.05, 4.69) is 20.4 Å². The fourth-order valence-corrected chi connectivity index (χ4v) is 2.82. The third kappa shape index (κ3) is 2.84. The zero-order chi connectivity index (χ0) is 15.7. The molecule has 0 N–H and O–H groups in total. The Balaban J connectivity index is 1.84. The average Bonchev–Trinajstić information content (AvgIpc) is 3.07. The van der Waals surface area contributed by atoms with E-state index in [1.54, 1.807) is 23.5 Å². The second kappa shape index (κ2) is 5.60. The van der Waals surface area contributed by atoms with Crippen molar-refractivity contribution in [2.75, 3.05) is 0 Å². The molecule has 9 heteroatoms. The maximum absolute atomic E-state index is 10.8. The molecule has 0 aliphatic carbocycles. The number of thiazole rings is 1. The van der Waals surface area contributed by atoms with Gasteiger partial charge in [0, 0.05) is 22.6 Å². The Bertz CT molecular complexity index is 821. The Morgan fingerprint density at radius 3 is 2.86 bits per heavy atom. The lowest BCUT2D eigenvalue weighted by Crippen LogP contribution is -2.03. The van der Waals surface area contributed by atoms with Gasteiger partial charge in [-0.15, -0.1) is 21.5 Å². The molecule has 3 rings (SSSR count). The summed E-state index contributed by atoms with van der Waals surface area (Å²) in [5, 5.41) is 23.9. The van der Waals surface area contributed by atoms with E-state index in [9.17, 15) is 10.1 Å². The summed E-state index contributed by atoms with van der Waals surface area (Å²) in [4.78, 5) is 17.4. The summed E-state index contributed by atoms with van der Waals surface area (Å²) < 4.78 is 0. The number of hydrogen-bond donors (Lipinski definition) is 0. The average molecular weight is 316 g/mol. The Kier molecular flexibility index (Phi) is 3.63. The molecule has 0 bridgehead atoms. The van der Waals surface area contributed by atoms with E-state index in [0.717, 1.165) is 15.6 Å². The lowest BCUT2D eigenvalue weighted by atomic mass is 10.2. The summed E-state index contributed by atoms with van der Waals surface area (Å²) in [6.07, 6.45) is 0. The van der Waals surface area contributed by atoms with Gasteiger partial charge in [-0.25, -0.2) is 4.98 Å². The minimum atomic E-state index is -0.449. The van der Waals surface area contributed by atoms with Gasteiger partial charge in [-0.2, -0.15) is 4.80 Å². The summed E-state index contributed by atoms with van der Waals surface area (Å²) in [5.74, 6) is 0.355. The molecular weight excluding hydrogens is 304 g/mol. The third-order valence-corrected chi connectivity index (χ3v) is 4.18. The Hall–Kier alpha value is -2.68. The van der Waals surface area contributed by atoms with Crippen LogP contribution in [0.25, 0.3) is 11.4 Å². The van der Waals surface area contributed by atoms with Crippen LogP contribution < -0.4 is 0 Å². The first-order chi connectivity index (χ1) is 10.5. The van der Waals surface area contributed by atoms with Crippen molar-refractivity contribution in [3.63, 3.8) is 0 Å². The van der Waals surface area contributed by atoms with Gasteiger partial charge >= 0.3 is 0 Å². The fraction of sp³-hybridized carbons (Fsp3) is 0.231. The molecule has 0 fully saturated rings. The molecule has 112 valence electrons. The van der Waals surface area contributed by atoms with Crippen molar-refractivity contribution in [1.82, 2.24) is 25.2 Å². The highest BCUT2D eigenvalue weighted by atomic mass is 32.1. The van der Waals surface area contributed by atoms with Gasteiger partial charge in [0.05, 0.1) is 10.6 Å². The standard InChI is InChI=1S/C13H12N6O2S/c1-8-9(2)22-12(14-8)7-18-16-13(15-17-18)10-4-3-5-11(6-10)19(20)21/h3-6H,7H2,1-2H3. The highest BCUT2D eigenvalue weighted by Gasteiger charge is 2.12. The number of hydrogen-bond acceptors (Lipinski definition) is 7. The maximum Gasteiger partial charge on any atom is 0.270 e. The second-order valence-electron chi connectivity index (χ2n) is 4.70. The van der Waals surface area contributed by atoms with Gasteiger partial charge in [0.1, 0.15) is 11.6 Å². The van der Waals surface area contributed by atoms with Gasteiger partial charge in [-0.1, -0.05) is 12.1 Å². The van der Waals surface area contributed by atoms with Crippen LogP contribution in [0.5, 0.6) is 0 Å². The van der Waals surface area contributed by atoms with Crippen LogP contribution in [0, 0.1) is 24.0 Å². The first-order valence-electron chi connectivity index (χ1n) is 6.48. The normalized spacial score (nSPS) is 10.8. The van der Waals surface area contributed by atoms with E-state index in [1.165, 1.54) is 16.9 Å². The van der Waals surface area contributed by atoms with Gasteiger partial charge in [0.25, 0.3) is 5.69 Å². The molecule has 0 radical (unpaired) electrons. The number of tetrazole rings is 1. The summed E-state index contributed by atoms with van der Waals surface area (Å²) >= 11 is 1.59. The molecule has 0 atom stereocenters. The first-order valence-corrected chi connectivity index (χ1v) is 7.30. The highest BCUT2D eigenvalue weighted by Crippen LogP contribution is 2.21. The van der Waals surface area contributed by atoms with Crippen LogP contribution in [-0.2, 0) is 6.54 Å². The minimum Gasteiger partial charge on any atom is -0.258 e. The highest BCUT2D eigenvalue weighted by molar-refractivity contribution is 7.11. The Morgan fingerprint density at radius 1 is 1.36 bits per heavy atom. The molecule has 0 aliphatic rings. The molecule has 0 spiro atoms. The second-order valence-corrected chi connectivity index (χ2v) is 5.99. The monoisotopic (exact) mass is 316 g/mol. The first kappa shape index (κ1) is 14.3. The fourth-order valence-electron chi connectivity index (χ4n) is 1.91. The summed E-state index contributed by atoms with van der Waals surface area (Å²) in [6, 6.07) is 6.17. The number of benzene rings is 1. The summed E-state index contributed by atoms with van der Waals surface area (Å²) in [6.45, 7) is 4.40. The van der Waals surface area contributed by atoms with E-state index in [-0.39, 0.29) is 5.69 Å². The summed E-state index contributed by atoms with van der Waals surface area (Å²) in [7, 11) is 0.